The number of halogens is 5. The summed E-state index contributed by atoms with van der Waals surface area (Å²) >= 11 is 5.59. The highest BCUT2D eigenvalue weighted by molar-refractivity contribution is 6.34. The Morgan fingerprint density at radius 3 is 2.44 bits per heavy atom. The van der Waals surface area contributed by atoms with Crippen molar-refractivity contribution in [2.45, 2.75) is 6.18 Å². The third-order valence-corrected chi connectivity index (χ3v) is 2.28. The number of hydrogen-bond acceptors (Lipinski definition) is 2. The van der Waals surface area contributed by atoms with Gasteiger partial charge in [0.1, 0.15) is 17.3 Å². The molecule has 84 valence electrons. The Hall–Kier alpha value is -1.43. The number of alkyl halides is 3. The average molecular weight is 251 g/mol. The number of nitrogens with zero attached hydrogens (tertiary/aromatic N) is 2. The predicted molar refractivity (Wildman–Crippen MR) is 49.5 cm³/mol. The molecule has 0 saturated heterocycles. The van der Waals surface area contributed by atoms with Crippen LogP contribution in [0.2, 0.25) is 5.15 Å². The summed E-state index contributed by atoms with van der Waals surface area (Å²) < 4.78 is 50.3. The van der Waals surface area contributed by atoms with E-state index in [1.807, 2.05) is 0 Å². The van der Waals surface area contributed by atoms with Crippen LogP contribution in [-0.4, -0.2) is 9.97 Å². The number of hydrogen-bond donors (Lipinski definition) is 0. The summed E-state index contributed by atoms with van der Waals surface area (Å²) in [5, 5.41) is -0.173. The predicted octanol–water partition coefficient (Wildman–Crippen LogP) is 3.44. The second-order valence-electron chi connectivity index (χ2n) is 3.01. The molecule has 0 aliphatic carbocycles. The van der Waals surface area contributed by atoms with Gasteiger partial charge in [-0.2, -0.15) is 13.2 Å². The molecule has 7 heteroatoms. The molecule has 1 aromatic heterocycles. The molecule has 2 rings (SSSR count). The zero-order valence-corrected chi connectivity index (χ0v) is 8.27. The minimum Gasteiger partial charge on any atom is -0.236 e. The zero-order valence-electron chi connectivity index (χ0n) is 7.52. The van der Waals surface area contributed by atoms with Gasteiger partial charge in [0, 0.05) is 11.5 Å². The van der Waals surface area contributed by atoms with E-state index < -0.39 is 17.6 Å². The van der Waals surface area contributed by atoms with E-state index in [4.69, 9.17) is 11.6 Å². The van der Waals surface area contributed by atoms with Crippen LogP contribution in [0.3, 0.4) is 0 Å². The molecule has 0 unspecified atom stereocenters. The Labute approximate surface area is 91.9 Å². The summed E-state index contributed by atoms with van der Waals surface area (Å²) in [6, 6.07) is 1.29. The van der Waals surface area contributed by atoms with Gasteiger partial charge in [-0.1, -0.05) is 11.6 Å². The van der Waals surface area contributed by atoms with Crippen LogP contribution in [0.15, 0.2) is 18.5 Å². The lowest BCUT2D eigenvalue weighted by Crippen LogP contribution is -2.08. The van der Waals surface area contributed by atoms with E-state index in [-0.39, 0.29) is 16.1 Å². The second kappa shape index (κ2) is 3.55. The minimum absolute atomic E-state index is 0.0297. The van der Waals surface area contributed by atoms with Crippen LogP contribution in [-0.2, 0) is 6.18 Å². The van der Waals surface area contributed by atoms with Gasteiger partial charge in [0.15, 0.2) is 0 Å². The molecule has 0 atom stereocenters. The van der Waals surface area contributed by atoms with Crippen molar-refractivity contribution in [3.63, 3.8) is 0 Å². The monoisotopic (exact) mass is 250 g/mol. The van der Waals surface area contributed by atoms with E-state index in [9.17, 15) is 17.6 Å². The SMILES string of the molecule is Fc1cc2ncnc(Cl)c2cc1C(F)(F)F. The third-order valence-electron chi connectivity index (χ3n) is 1.98. The Morgan fingerprint density at radius 1 is 1.12 bits per heavy atom. The number of fused-ring (bicyclic) bond motifs is 1. The third kappa shape index (κ3) is 1.80. The van der Waals surface area contributed by atoms with Gasteiger partial charge in [-0.15, -0.1) is 0 Å². The summed E-state index contributed by atoms with van der Waals surface area (Å²) in [6.45, 7) is 0. The first kappa shape index (κ1) is 11.1. The maximum absolute atomic E-state index is 13.1. The maximum Gasteiger partial charge on any atom is 0.419 e. The topological polar surface area (TPSA) is 25.8 Å². The van der Waals surface area contributed by atoms with Gasteiger partial charge in [0.25, 0.3) is 0 Å². The molecule has 16 heavy (non-hydrogen) atoms. The summed E-state index contributed by atoms with van der Waals surface area (Å²) in [4.78, 5) is 7.15. The van der Waals surface area contributed by atoms with Crippen molar-refractivity contribution < 1.29 is 17.6 Å². The Bertz CT molecular complexity index is 553. The fourth-order valence-electron chi connectivity index (χ4n) is 1.26. The van der Waals surface area contributed by atoms with Crippen molar-refractivity contribution >= 4 is 22.5 Å². The quantitative estimate of drug-likeness (QED) is 0.529. The van der Waals surface area contributed by atoms with Crippen LogP contribution < -0.4 is 0 Å². The van der Waals surface area contributed by atoms with Crippen LogP contribution in [0, 0.1) is 5.82 Å². The molecule has 0 saturated carbocycles. The fraction of sp³-hybridized carbons (Fsp3) is 0.111. The van der Waals surface area contributed by atoms with E-state index in [0.717, 1.165) is 6.33 Å². The summed E-state index contributed by atoms with van der Waals surface area (Å²) in [5.74, 6) is -1.38. The normalized spacial score (nSPS) is 12.1. The van der Waals surface area contributed by atoms with Gasteiger partial charge in [0.05, 0.1) is 11.1 Å². The first-order valence-corrected chi connectivity index (χ1v) is 4.44. The second-order valence-corrected chi connectivity index (χ2v) is 3.37. The van der Waals surface area contributed by atoms with Crippen molar-refractivity contribution in [3.05, 3.63) is 35.0 Å². The van der Waals surface area contributed by atoms with Crippen LogP contribution >= 0.6 is 11.6 Å². The highest BCUT2D eigenvalue weighted by Gasteiger charge is 2.34. The van der Waals surface area contributed by atoms with Gasteiger partial charge >= 0.3 is 6.18 Å². The molecule has 0 amide bonds. The van der Waals surface area contributed by atoms with Gasteiger partial charge in [0.2, 0.25) is 0 Å². The lowest BCUT2D eigenvalue weighted by molar-refractivity contribution is -0.139. The lowest BCUT2D eigenvalue weighted by atomic mass is 10.1. The van der Waals surface area contributed by atoms with Crippen molar-refractivity contribution in [1.82, 2.24) is 9.97 Å². The Morgan fingerprint density at radius 2 is 1.81 bits per heavy atom. The molecule has 1 heterocycles. The molecule has 0 aliphatic heterocycles. The molecule has 2 nitrogen and oxygen atoms in total. The van der Waals surface area contributed by atoms with Crippen LogP contribution in [0.4, 0.5) is 17.6 Å². The van der Waals surface area contributed by atoms with E-state index >= 15 is 0 Å². The number of aromatic nitrogens is 2. The Balaban J connectivity index is 2.80. The molecule has 2 aromatic rings. The first-order valence-electron chi connectivity index (χ1n) is 4.06. The fourth-order valence-corrected chi connectivity index (χ4v) is 1.46. The van der Waals surface area contributed by atoms with Crippen molar-refractivity contribution in [3.8, 4) is 0 Å². The lowest BCUT2D eigenvalue weighted by Gasteiger charge is -2.09. The highest BCUT2D eigenvalue weighted by Crippen LogP contribution is 2.34. The van der Waals surface area contributed by atoms with Crippen molar-refractivity contribution in [1.29, 1.82) is 0 Å². The molecule has 0 bridgehead atoms. The molecule has 0 fully saturated rings. The van der Waals surface area contributed by atoms with Crippen molar-refractivity contribution in [2.24, 2.45) is 0 Å². The Kier molecular flexibility index (Phi) is 2.46. The molecule has 0 aliphatic rings. The molecule has 0 spiro atoms. The highest BCUT2D eigenvalue weighted by atomic mass is 35.5. The summed E-state index contributed by atoms with van der Waals surface area (Å²) in [6.07, 6.45) is -3.71. The largest absolute Gasteiger partial charge is 0.419 e. The smallest absolute Gasteiger partial charge is 0.236 e. The first-order chi connectivity index (χ1) is 7.39. The average Bonchev–Trinajstić information content (AvgIpc) is 2.15. The van der Waals surface area contributed by atoms with E-state index in [1.54, 1.807) is 0 Å². The van der Waals surface area contributed by atoms with Crippen molar-refractivity contribution in [2.75, 3.05) is 0 Å². The summed E-state index contributed by atoms with van der Waals surface area (Å²) in [7, 11) is 0. The van der Waals surface area contributed by atoms with Gasteiger partial charge in [-0.3, -0.25) is 0 Å². The molecule has 1 aromatic carbocycles. The van der Waals surface area contributed by atoms with E-state index in [1.165, 1.54) is 0 Å². The number of rotatable bonds is 0. The van der Waals surface area contributed by atoms with Gasteiger partial charge < -0.3 is 0 Å². The van der Waals surface area contributed by atoms with Gasteiger partial charge in [-0.05, 0) is 6.07 Å². The molecular weight excluding hydrogens is 248 g/mol. The molecule has 0 radical (unpaired) electrons. The van der Waals surface area contributed by atoms with Gasteiger partial charge in [-0.25, -0.2) is 14.4 Å². The maximum atomic E-state index is 13.1. The van der Waals surface area contributed by atoms with Crippen LogP contribution in [0.1, 0.15) is 5.56 Å². The van der Waals surface area contributed by atoms with E-state index in [0.29, 0.717) is 12.1 Å². The van der Waals surface area contributed by atoms with E-state index in [2.05, 4.69) is 9.97 Å². The van der Waals surface area contributed by atoms with Crippen LogP contribution in [0.25, 0.3) is 10.9 Å². The number of benzene rings is 1. The minimum atomic E-state index is -4.77. The summed E-state index contributed by atoms with van der Waals surface area (Å²) in [5.41, 5.74) is -1.35. The molecule has 0 N–H and O–H groups in total. The standard InChI is InChI=1S/C9H3ClF4N2/c10-8-4-1-5(9(12,13)14)6(11)2-7(4)15-3-16-8/h1-3H. The molecular formula is C9H3ClF4N2. The van der Waals surface area contributed by atoms with Crippen LogP contribution in [0.5, 0.6) is 0 Å². The zero-order chi connectivity index (χ0) is 11.9.